The van der Waals surface area contributed by atoms with Crippen molar-refractivity contribution in [1.82, 2.24) is 4.90 Å². The Morgan fingerprint density at radius 1 is 0.440 bits per heavy atom. The average molecular weight is 696 g/mol. The van der Waals surface area contributed by atoms with Crippen molar-refractivity contribution < 1.29 is 9.47 Å². The van der Waals surface area contributed by atoms with E-state index in [0.717, 1.165) is 97.4 Å². The van der Waals surface area contributed by atoms with Gasteiger partial charge >= 0.3 is 0 Å². The fraction of sp³-hybridized carbons (Fsp3) is 1.00. The Morgan fingerprint density at radius 3 is 1.20 bits per heavy atom. The molecular formula is C47H85NO2. The molecule has 12 unspecified atom stereocenters. The van der Waals surface area contributed by atoms with Crippen molar-refractivity contribution in [1.29, 1.82) is 0 Å². The van der Waals surface area contributed by atoms with Crippen molar-refractivity contribution in [2.24, 2.45) is 71.0 Å². The zero-order valence-electron chi connectivity index (χ0n) is 34.0. The molecule has 13 atom stereocenters. The molecule has 0 heterocycles. The minimum Gasteiger partial charge on any atom is -0.379 e. The number of hydrogen-bond donors (Lipinski definition) is 0. The first kappa shape index (κ1) is 39.6. The predicted molar refractivity (Wildman–Crippen MR) is 212 cm³/mol. The third-order valence-electron chi connectivity index (χ3n) is 15.0. The molecule has 0 spiro atoms. The van der Waals surface area contributed by atoms with Crippen LogP contribution in [0.25, 0.3) is 0 Å². The van der Waals surface area contributed by atoms with E-state index in [4.69, 9.17) is 9.47 Å². The molecule has 6 aliphatic carbocycles. The summed E-state index contributed by atoms with van der Waals surface area (Å²) in [5.74, 6) is 13.4. The molecule has 0 amide bonds. The van der Waals surface area contributed by atoms with Gasteiger partial charge in [0.15, 0.2) is 0 Å². The van der Waals surface area contributed by atoms with Crippen molar-refractivity contribution in [3.63, 3.8) is 0 Å². The summed E-state index contributed by atoms with van der Waals surface area (Å²) in [7, 11) is 4.33. The molecule has 3 nitrogen and oxygen atoms in total. The zero-order chi connectivity index (χ0) is 34.7. The van der Waals surface area contributed by atoms with Gasteiger partial charge in [-0.1, -0.05) is 104 Å². The minimum absolute atomic E-state index is 0.219. The second kappa shape index (κ2) is 20.5. The molecule has 3 heteroatoms. The normalized spacial score (nSPS) is 36.9. The summed E-state index contributed by atoms with van der Waals surface area (Å²) in [6.07, 6.45) is 38.7. The third kappa shape index (κ3) is 14.6. The predicted octanol–water partition coefficient (Wildman–Crippen LogP) is 12.6. The SMILES string of the molecule is CCCCCC1CC1CC1CC1CC1CC1CCCCCOC(COCCCCCC1CC1C[C@@H]1CC1CC1CC1CCCCC)CN(C)C. The zero-order valence-corrected chi connectivity index (χ0v) is 34.0. The Balaban J connectivity index is 0.690. The van der Waals surface area contributed by atoms with Crippen molar-refractivity contribution in [2.75, 3.05) is 40.5 Å². The fourth-order valence-electron chi connectivity index (χ4n) is 11.0. The molecular weight excluding hydrogens is 611 g/mol. The Morgan fingerprint density at radius 2 is 0.800 bits per heavy atom. The van der Waals surface area contributed by atoms with E-state index < -0.39 is 0 Å². The monoisotopic (exact) mass is 696 g/mol. The molecule has 0 aliphatic heterocycles. The summed E-state index contributed by atoms with van der Waals surface area (Å²) in [5.41, 5.74) is 0. The van der Waals surface area contributed by atoms with Crippen molar-refractivity contribution in [3.05, 3.63) is 0 Å². The molecule has 6 aliphatic rings. The van der Waals surface area contributed by atoms with Crippen molar-refractivity contribution >= 4 is 0 Å². The number of ether oxygens (including phenoxy) is 2. The fourth-order valence-corrected chi connectivity index (χ4v) is 11.0. The van der Waals surface area contributed by atoms with Crippen LogP contribution in [0.1, 0.15) is 181 Å². The number of rotatable bonds is 33. The molecule has 290 valence electrons. The Hall–Kier alpha value is -0.120. The van der Waals surface area contributed by atoms with Gasteiger partial charge in [-0.05, 0) is 162 Å². The van der Waals surface area contributed by atoms with E-state index in [9.17, 15) is 0 Å². The molecule has 0 aromatic heterocycles. The molecule has 0 saturated heterocycles. The van der Waals surface area contributed by atoms with E-state index in [-0.39, 0.29) is 6.10 Å². The first-order chi connectivity index (χ1) is 24.5. The topological polar surface area (TPSA) is 21.7 Å². The summed E-state index contributed by atoms with van der Waals surface area (Å²) in [6, 6.07) is 0. The largest absolute Gasteiger partial charge is 0.379 e. The van der Waals surface area contributed by atoms with E-state index in [1.807, 2.05) is 0 Å². The van der Waals surface area contributed by atoms with E-state index in [2.05, 4.69) is 32.8 Å². The number of nitrogens with zero attached hydrogens (tertiary/aromatic N) is 1. The number of hydrogen-bond acceptors (Lipinski definition) is 3. The van der Waals surface area contributed by atoms with Crippen molar-refractivity contribution in [2.45, 2.75) is 187 Å². The van der Waals surface area contributed by atoms with Crippen LogP contribution in [0.5, 0.6) is 0 Å². The lowest BCUT2D eigenvalue weighted by atomic mass is 10.0. The van der Waals surface area contributed by atoms with Gasteiger partial charge < -0.3 is 14.4 Å². The summed E-state index contributed by atoms with van der Waals surface area (Å²) in [5, 5.41) is 0. The van der Waals surface area contributed by atoms with E-state index >= 15 is 0 Å². The molecule has 6 rings (SSSR count). The third-order valence-corrected chi connectivity index (χ3v) is 15.0. The lowest BCUT2D eigenvalue weighted by Crippen LogP contribution is -2.32. The maximum Gasteiger partial charge on any atom is 0.0934 e. The number of unbranched alkanes of at least 4 members (excludes halogenated alkanes) is 8. The lowest BCUT2D eigenvalue weighted by Gasteiger charge is -2.21. The maximum absolute atomic E-state index is 6.35. The van der Waals surface area contributed by atoms with Crippen LogP contribution in [0, 0.1) is 71.0 Å². The van der Waals surface area contributed by atoms with Gasteiger partial charge in [-0.15, -0.1) is 0 Å². The van der Waals surface area contributed by atoms with Gasteiger partial charge in [0.25, 0.3) is 0 Å². The van der Waals surface area contributed by atoms with Crippen LogP contribution < -0.4 is 0 Å². The minimum atomic E-state index is 0.219. The molecule has 6 fully saturated rings. The summed E-state index contributed by atoms with van der Waals surface area (Å²) in [6.45, 7) is 8.22. The second-order valence-electron chi connectivity index (χ2n) is 20.0. The van der Waals surface area contributed by atoms with Crippen LogP contribution >= 0.6 is 0 Å². The molecule has 0 aromatic rings. The smallest absolute Gasteiger partial charge is 0.0934 e. The highest BCUT2D eigenvalue weighted by Gasteiger charge is 2.49. The Labute approximate surface area is 311 Å². The molecule has 0 N–H and O–H groups in total. The molecule has 6 saturated carbocycles. The lowest BCUT2D eigenvalue weighted by molar-refractivity contribution is -0.0287. The molecule has 0 bridgehead atoms. The average Bonchev–Trinajstić information content (AvgIpc) is 3.87. The highest BCUT2D eigenvalue weighted by atomic mass is 16.5. The van der Waals surface area contributed by atoms with Crippen LogP contribution in [-0.4, -0.2) is 51.5 Å². The standard InChI is InChI=1S/C47H85NO2/c1-5-7-11-17-35-23-39(35)27-43-31-45(43)29-41-25-37(41)19-13-9-15-21-49-34-47(33-48(3)4)50-22-16-10-14-20-38-26-42(38)30-46-32-44(46)28-40-24-36(40)18-12-8-6-2/h35-47H,5-34H2,1-4H3/t35?,36?,37?,38?,39?,40?,41?,42?,43?,44?,45-,46?,47?/m1/s1. The molecule has 0 aromatic carbocycles. The van der Waals surface area contributed by atoms with Crippen LogP contribution in [0.2, 0.25) is 0 Å². The van der Waals surface area contributed by atoms with Gasteiger partial charge in [0.05, 0.1) is 12.7 Å². The Kier molecular flexibility index (Phi) is 16.2. The van der Waals surface area contributed by atoms with E-state index in [0.29, 0.717) is 0 Å². The van der Waals surface area contributed by atoms with Gasteiger partial charge in [-0.25, -0.2) is 0 Å². The first-order valence-electron chi connectivity index (χ1n) is 23.3. The first-order valence-corrected chi connectivity index (χ1v) is 23.3. The quantitative estimate of drug-likeness (QED) is 0.0638. The van der Waals surface area contributed by atoms with Gasteiger partial charge in [0.1, 0.15) is 0 Å². The summed E-state index contributed by atoms with van der Waals surface area (Å²) >= 11 is 0. The van der Waals surface area contributed by atoms with Crippen molar-refractivity contribution in [3.8, 4) is 0 Å². The maximum atomic E-state index is 6.35. The highest BCUT2D eigenvalue weighted by Crippen LogP contribution is 2.59. The highest BCUT2D eigenvalue weighted by molar-refractivity contribution is 5.00. The van der Waals surface area contributed by atoms with Gasteiger partial charge in [0.2, 0.25) is 0 Å². The van der Waals surface area contributed by atoms with E-state index in [1.54, 1.807) is 64.2 Å². The van der Waals surface area contributed by atoms with Crippen LogP contribution in [0.3, 0.4) is 0 Å². The van der Waals surface area contributed by atoms with Crippen LogP contribution in [0.4, 0.5) is 0 Å². The summed E-state index contributed by atoms with van der Waals surface area (Å²) < 4.78 is 12.5. The van der Waals surface area contributed by atoms with Crippen LogP contribution in [-0.2, 0) is 9.47 Å². The number of likely N-dealkylation sites (N-methyl/N-ethyl adjacent to an activating group) is 1. The second-order valence-corrected chi connectivity index (χ2v) is 20.0. The Bertz CT molecular complexity index is 936. The summed E-state index contributed by atoms with van der Waals surface area (Å²) in [4.78, 5) is 2.26. The van der Waals surface area contributed by atoms with Gasteiger partial charge in [0, 0.05) is 19.8 Å². The van der Waals surface area contributed by atoms with E-state index in [1.165, 1.54) is 103 Å². The molecule has 0 radical (unpaired) electrons. The van der Waals surface area contributed by atoms with Gasteiger partial charge in [-0.3, -0.25) is 0 Å². The van der Waals surface area contributed by atoms with Gasteiger partial charge in [-0.2, -0.15) is 0 Å². The van der Waals surface area contributed by atoms with Crippen LogP contribution in [0.15, 0.2) is 0 Å². The molecule has 50 heavy (non-hydrogen) atoms.